The van der Waals surface area contributed by atoms with Crippen LogP contribution < -0.4 is 5.32 Å². The zero-order valence-corrected chi connectivity index (χ0v) is 12.6. The normalized spacial score (nSPS) is 17.9. The number of likely N-dealkylation sites (tertiary alicyclic amines) is 1. The third kappa shape index (κ3) is 2.93. The largest absolute Gasteiger partial charge is 0.374 e. The van der Waals surface area contributed by atoms with Crippen LogP contribution in [0.15, 0.2) is 24.3 Å². The number of carbonyl (C=O) groups is 2. The summed E-state index contributed by atoms with van der Waals surface area (Å²) in [5.41, 5.74) is 1.17. The van der Waals surface area contributed by atoms with Crippen LogP contribution in [0.5, 0.6) is 0 Å². The van der Waals surface area contributed by atoms with Gasteiger partial charge in [-0.3, -0.25) is 9.59 Å². The highest BCUT2D eigenvalue weighted by Gasteiger charge is 2.26. The van der Waals surface area contributed by atoms with Crippen LogP contribution in [0.3, 0.4) is 0 Å². The Morgan fingerprint density at radius 2 is 2.23 bits per heavy atom. The lowest BCUT2D eigenvalue weighted by Gasteiger charge is -2.20. The molecule has 0 bridgehead atoms. The number of hydrogen-bond acceptors (Lipinski definition) is 3. The molecular weight excluding hydrogens is 306 g/mol. The molecule has 0 radical (unpaired) electrons. The van der Waals surface area contributed by atoms with Gasteiger partial charge in [0.2, 0.25) is 5.91 Å². The Morgan fingerprint density at radius 3 is 2.95 bits per heavy atom. The smallest absolute Gasteiger partial charge is 0.268 e. The fourth-order valence-electron chi connectivity index (χ4n) is 2.62. The van der Waals surface area contributed by atoms with Gasteiger partial charge >= 0.3 is 0 Å². The first kappa shape index (κ1) is 14.9. The van der Waals surface area contributed by atoms with Crippen LogP contribution in [-0.2, 0) is 4.79 Å². The van der Waals surface area contributed by atoms with E-state index in [4.69, 9.17) is 11.6 Å². The Morgan fingerprint density at radius 1 is 1.41 bits per heavy atom. The molecule has 0 aliphatic carbocycles. The van der Waals surface area contributed by atoms with Crippen molar-refractivity contribution in [3.05, 3.63) is 35.0 Å². The van der Waals surface area contributed by atoms with Gasteiger partial charge in [-0.1, -0.05) is 11.6 Å². The van der Waals surface area contributed by atoms with E-state index >= 15 is 0 Å². The molecule has 1 aliphatic rings. The topological polar surface area (TPSA) is 85.4 Å². The second kappa shape index (κ2) is 5.98. The van der Waals surface area contributed by atoms with Crippen molar-refractivity contribution in [2.75, 3.05) is 13.1 Å². The van der Waals surface area contributed by atoms with Gasteiger partial charge < -0.3 is 20.3 Å². The van der Waals surface area contributed by atoms with Crippen LogP contribution in [0, 0.1) is 0 Å². The van der Waals surface area contributed by atoms with Crippen LogP contribution in [0.4, 0.5) is 0 Å². The van der Waals surface area contributed by atoms with Gasteiger partial charge in [0.05, 0.1) is 6.54 Å². The lowest BCUT2D eigenvalue weighted by Crippen LogP contribution is -2.42. The van der Waals surface area contributed by atoms with E-state index in [1.807, 2.05) is 0 Å². The van der Waals surface area contributed by atoms with E-state index in [2.05, 4.69) is 10.3 Å². The number of rotatable bonds is 3. The molecule has 0 saturated carbocycles. The molecule has 116 valence electrons. The average Bonchev–Trinajstić information content (AvgIpc) is 3.09. The number of H-pyrrole nitrogens is 1. The molecule has 2 heterocycles. The number of aliphatic hydroxyl groups is 1. The van der Waals surface area contributed by atoms with E-state index in [9.17, 15) is 14.7 Å². The van der Waals surface area contributed by atoms with E-state index in [-0.39, 0.29) is 18.4 Å². The summed E-state index contributed by atoms with van der Waals surface area (Å²) in [6.07, 6.45) is 0.631. The van der Waals surface area contributed by atoms with Gasteiger partial charge in [-0.25, -0.2) is 0 Å². The highest BCUT2D eigenvalue weighted by Crippen LogP contribution is 2.20. The summed E-state index contributed by atoms with van der Waals surface area (Å²) >= 11 is 5.91. The minimum absolute atomic E-state index is 0.133. The summed E-state index contributed by atoms with van der Waals surface area (Å²) in [5.74, 6) is -0.646. The first-order valence-electron chi connectivity index (χ1n) is 7.08. The third-order valence-corrected chi connectivity index (χ3v) is 4.00. The van der Waals surface area contributed by atoms with Gasteiger partial charge in [-0.15, -0.1) is 0 Å². The number of halogens is 1. The van der Waals surface area contributed by atoms with Crippen LogP contribution in [0.25, 0.3) is 10.9 Å². The second-order valence-corrected chi connectivity index (χ2v) is 5.74. The Bertz CT molecular complexity index is 728. The first-order valence-corrected chi connectivity index (χ1v) is 7.46. The second-order valence-electron chi connectivity index (χ2n) is 5.31. The number of aliphatic hydroxyl groups excluding tert-OH is 1. The quantitative estimate of drug-likeness (QED) is 0.800. The molecule has 1 atom stereocenters. The maximum Gasteiger partial charge on any atom is 0.268 e. The lowest BCUT2D eigenvalue weighted by molar-refractivity contribution is -0.136. The van der Waals surface area contributed by atoms with E-state index in [0.29, 0.717) is 23.7 Å². The highest BCUT2D eigenvalue weighted by molar-refractivity contribution is 6.31. The molecule has 22 heavy (non-hydrogen) atoms. The molecule has 0 spiro atoms. The molecule has 1 saturated heterocycles. The summed E-state index contributed by atoms with van der Waals surface area (Å²) in [7, 11) is 0. The molecule has 2 amide bonds. The van der Waals surface area contributed by atoms with Crippen molar-refractivity contribution in [1.29, 1.82) is 0 Å². The van der Waals surface area contributed by atoms with Gasteiger partial charge in [-0.05, 0) is 37.1 Å². The van der Waals surface area contributed by atoms with Gasteiger partial charge in [-0.2, -0.15) is 0 Å². The molecule has 1 fully saturated rings. The Kier molecular flexibility index (Phi) is 4.04. The van der Waals surface area contributed by atoms with E-state index in [0.717, 1.165) is 17.3 Å². The number of carbonyl (C=O) groups excluding carboxylic acids is 2. The number of benzene rings is 1. The van der Waals surface area contributed by atoms with Crippen molar-refractivity contribution in [2.45, 2.75) is 19.1 Å². The number of amides is 2. The predicted octanol–water partition coefficient (Wildman–Crippen LogP) is 1.49. The fourth-order valence-corrected chi connectivity index (χ4v) is 2.80. The van der Waals surface area contributed by atoms with Crippen molar-refractivity contribution >= 4 is 34.3 Å². The van der Waals surface area contributed by atoms with Crippen molar-refractivity contribution < 1.29 is 14.7 Å². The van der Waals surface area contributed by atoms with Gasteiger partial charge in [0, 0.05) is 22.5 Å². The summed E-state index contributed by atoms with van der Waals surface area (Å²) in [6.45, 7) is 0.396. The molecule has 3 rings (SSSR count). The molecular formula is C15H16ClN3O3. The van der Waals surface area contributed by atoms with Crippen LogP contribution in [-0.4, -0.2) is 46.1 Å². The molecule has 2 aromatic rings. The zero-order valence-electron chi connectivity index (χ0n) is 11.8. The maximum atomic E-state index is 12.1. The van der Waals surface area contributed by atoms with Crippen LogP contribution in [0.2, 0.25) is 5.02 Å². The molecule has 1 aliphatic heterocycles. The number of nitrogens with zero attached hydrogens (tertiary/aromatic N) is 1. The fraction of sp³-hybridized carbons (Fsp3) is 0.333. The molecule has 6 nitrogen and oxygen atoms in total. The minimum Gasteiger partial charge on any atom is -0.374 e. The molecule has 3 N–H and O–H groups in total. The van der Waals surface area contributed by atoms with Gasteiger partial charge in [0.25, 0.3) is 5.91 Å². The van der Waals surface area contributed by atoms with Gasteiger partial charge in [0.1, 0.15) is 11.9 Å². The molecule has 1 aromatic carbocycles. The van der Waals surface area contributed by atoms with Crippen molar-refractivity contribution in [3.8, 4) is 0 Å². The molecule has 7 heteroatoms. The van der Waals surface area contributed by atoms with Crippen molar-refractivity contribution in [3.63, 3.8) is 0 Å². The van der Waals surface area contributed by atoms with Crippen molar-refractivity contribution in [2.24, 2.45) is 0 Å². The van der Waals surface area contributed by atoms with E-state index in [1.165, 1.54) is 4.90 Å². The first-order chi connectivity index (χ1) is 10.5. The Hall–Kier alpha value is -2.05. The molecule has 1 unspecified atom stereocenters. The summed E-state index contributed by atoms with van der Waals surface area (Å²) in [4.78, 5) is 28.4. The predicted molar refractivity (Wildman–Crippen MR) is 82.6 cm³/mol. The number of fused-ring (bicyclic) bond motifs is 1. The SMILES string of the molecule is O=C(NCC(=O)N1CCCC1O)c1cc2cc(Cl)ccc2[nH]1. The maximum absolute atomic E-state index is 12.1. The monoisotopic (exact) mass is 321 g/mol. The Balaban J connectivity index is 1.64. The van der Waals surface area contributed by atoms with Crippen LogP contribution in [0.1, 0.15) is 23.3 Å². The standard InChI is InChI=1S/C15H16ClN3O3/c16-10-3-4-11-9(6-10)7-12(18-11)15(22)17-8-14(21)19-5-1-2-13(19)20/h3-4,6-7,13,18,20H,1-2,5,8H2,(H,17,22). The van der Waals surface area contributed by atoms with E-state index < -0.39 is 6.23 Å². The minimum atomic E-state index is -0.736. The van der Waals surface area contributed by atoms with Crippen LogP contribution >= 0.6 is 11.6 Å². The number of nitrogens with one attached hydrogen (secondary N) is 2. The lowest BCUT2D eigenvalue weighted by atomic mass is 10.2. The van der Waals surface area contributed by atoms with Crippen molar-refractivity contribution in [1.82, 2.24) is 15.2 Å². The summed E-state index contributed by atoms with van der Waals surface area (Å²) in [5, 5.41) is 13.6. The number of hydrogen-bond donors (Lipinski definition) is 3. The summed E-state index contributed by atoms with van der Waals surface area (Å²) < 4.78 is 0. The summed E-state index contributed by atoms with van der Waals surface area (Å²) in [6, 6.07) is 6.97. The highest BCUT2D eigenvalue weighted by atomic mass is 35.5. The average molecular weight is 322 g/mol. The third-order valence-electron chi connectivity index (χ3n) is 3.77. The van der Waals surface area contributed by atoms with Gasteiger partial charge in [0.15, 0.2) is 0 Å². The zero-order chi connectivity index (χ0) is 15.7. The molecule has 1 aromatic heterocycles. The number of aromatic nitrogens is 1. The number of aromatic amines is 1. The van der Waals surface area contributed by atoms with E-state index in [1.54, 1.807) is 24.3 Å². The Labute approximate surface area is 132 Å².